The van der Waals surface area contributed by atoms with Crippen molar-refractivity contribution in [2.24, 2.45) is 29.6 Å². The Kier molecular flexibility index (Phi) is 25.4. The van der Waals surface area contributed by atoms with Crippen molar-refractivity contribution in [3.05, 3.63) is 41.3 Å². The van der Waals surface area contributed by atoms with Gasteiger partial charge in [0.1, 0.15) is 0 Å². The van der Waals surface area contributed by atoms with Crippen LogP contribution in [0.4, 0.5) is 0 Å². The number of aryl methyl sites for hydroxylation is 1. The van der Waals surface area contributed by atoms with Crippen LogP contribution in [0.1, 0.15) is 236 Å². The van der Waals surface area contributed by atoms with Crippen LogP contribution in [0.15, 0.2) is 19.7 Å². The van der Waals surface area contributed by atoms with E-state index in [4.69, 9.17) is 4.74 Å². The predicted octanol–water partition coefficient (Wildman–Crippen LogP) is 20.0. The maximum atomic E-state index is 12.4. The maximum absolute atomic E-state index is 12.4. The number of fused-ring (bicyclic) bond motifs is 4. The summed E-state index contributed by atoms with van der Waals surface area (Å²) in [6, 6.07) is 5.22. The number of carbonyl (C=O) groups excluding carboxylic acids is 2. The van der Waals surface area contributed by atoms with Gasteiger partial charge >= 0.3 is 301 Å². The van der Waals surface area contributed by atoms with Crippen molar-refractivity contribution in [2.75, 3.05) is 6.54 Å². The number of amides is 2. The van der Waals surface area contributed by atoms with Gasteiger partial charge < -0.3 is 0 Å². The van der Waals surface area contributed by atoms with Gasteiger partial charge in [0, 0.05) is 6.54 Å². The fraction of sp³-hybridized carbons (Fsp3) is 0.750. The van der Waals surface area contributed by atoms with E-state index in [1.54, 1.807) is 23.8 Å². The zero-order chi connectivity index (χ0) is 48.6. The second kappa shape index (κ2) is 28.7. The average Bonchev–Trinajstić information content (AvgIpc) is 4.03. The Hall–Kier alpha value is -0.201. The standard InChI is InChI=1S/C30H47OS2.C14H17Br2NO2S.3C4H9.Sn/c1-21(2)10-8-12-23(5)14-17-30(18-15-24(6)13-9-11-22(3)4)26-16-19-32-28(26)29-27(31-30)20-25(7)33-29;1-3-5-6-8(4-2)7-17-13(18)9-10(14(17)19)12(16)20-11(9)15;3*1-3-4-2;/h16,20-24H,8-15,17-18H2,1-7H3;8H,3-7H2,1-2H3;3*1,3-4H2,2H3;. The van der Waals surface area contributed by atoms with Crippen molar-refractivity contribution < 1.29 is 14.3 Å². The first-order chi connectivity index (χ1) is 31.5. The third-order valence-corrected chi connectivity index (χ3v) is 37.9. The zero-order valence-corrected chi connectivity index (χ0v) is 52.1. The molecule has 3 aromatic heterocycles. The van der Waals surface area contributed by atoms with Crippen LogP contribution in [0.2, 0.25) is 13.3 Å². The normalized spacial score (nSPS) is 17.2. The van der Waals surface area contributed by atoms with E-state index in [0.717, 1.165) is 56.9 Å². The number of imide groups is 1. The molecule has 0 aromatic carbocycles. The van der Waals surface area contributed by atoms with Gasteiger partial charge in [-0.3, -0.25) is 14.5 Å². The van der Waals surface area contributed by atoms with E-state index >= 15 is 0 Å². The summed E-state index contributed by atoms with van der Waals surface area (Å²) in [6.07, 6.45) is 25.7. The van der Waals surface area contributed by atoms with E-state index in [1.807, 2.05) is 14.2 Å². The number of halogens is 2. The molecule has 2 aliphatic rings. The fourth-order valence-corrected chi connectivity index (χ4v) is 34.9. The van der Waals surface area contributed by atoms with Crippen LogP contribution in [-0.2, 0) is 5.60 Å². The molecule has 66 heavy (non-hydrogen) atoms. The quantitative estimate of drug-likeness (QED) is 0.0494. The number of ether oxygens (including phenoxy) is 1. The van der Waals surface area contributed by atoms with Gasteiger partial charge in [0.2, 0.25) is 0 Å². The molecule has 3 unspecified atom stereocenters. The molecule has 0 saturated carbocycles. The van der Waals surface area contributed by atoms with E-state index in [2.05, 4.69) is 138 Å². The Bertz CT molecular complexity index is 1850. The van der Waals surface area contributed by atoms with Crippen molar-refractivity contribution in [3.8, 4) is 15.5 Å². The molecule has 2 amide bonds. The van der Waals surface area contributed by atoms with Crippen LogP contribution >= 0.6 is 65.9 Å². The molecule has 0 radical (unpaired) electrons. The van der Waals surface area contributed by atoms with Gasteiger partial charge in [-0.15, -0.1) is 11.3 Å². The third-order valence-electron chi connectivity index (χ3n) is 14.9. The van der Waals surface area contributed by atoms with Gasteiger partial charge in [-0.05, 0) is 44.2 Å². The molecule has 0 fully saturated rings. The molecular weight excluding hydrogens is 1110 g/mol. The Morgan fingerprint density at radius 2 is 1.12 bits per heavy atom. The number of rotatable bonds is 30. The van der Waals surface area contributed by atoms with E-state index in [9.17, 15) is 9.59 Å². The van der Waals surface area contributed by atoms with Crippen molar-refractivity contribution in [3.63, 3.8) is 0 Å². The SMILES string of the molecule is CCCCC(CC)CN1C(=O)c2c(Br)sc(Br)c2C1=O.CCC[CH2][Sn]([CH2]CCC)([CH2]CCC)[c]1cc2c(s1)-c1sc(C)cc1OC2(CCC(C)CCCC(C)C)CCC(C)CCCC(C)C. The van der Waals surface area contributed by atoms with Gasteiger partial charge in [-0.25, -0.2) is 0 Å². The minimum atomic E-state index is -2.59. The number of thiophene rings is 3. The summed E-state index contributed by atoms with van der Waals surface area (Å²) in [5, 5.41) is 0. The third kappa shape index (κ3) is 15.9. The molecule has 0 aliphatic carbocycles. The molecule has 0 bridgehead atoms. The summed E-state index contributed by atoms with van der Waals surface area (Å²) in [5.74, 6) is 4.42. The first-order valence-corrected chi connectivity index (χ1v) is 38.3. The first-order valence-electron chi connectivity index (χ1n) is 26.8. The summed E-state index contributed by atoms with van der Waals surface area (Å²) in [6.45, 7) is 28.9. The van der Waals surface area contributed by atoms with Crippen LogP contribution in [-0.4, -0.2) is 41.6 Å². The second-order valence-corrected chi connectivity index (χ2v) is 41.7. The summed E-state index contributed by atoms with van der Waals surface area (Å²) < 4.78 is 15.5. The fourth-order valence-electron chi connectivity index (χ4n) is 10.4. The Morgan fingerprint density at radius 3 is 1.58 bits per heavy atom. The van der Waals surface area contributed by atoms with E-state index < -0.39 is 18.4 Å². The molecule has 3 aromatic rings. The van der Waals surface area contributed by atoms with Crippen molar-refractivity contribution in [2.45, 2.75) is 230 Å². The van der Waals surface area contributed by atoms with Crippen molar-refractivity contribution >= 4 is 99.0 Å². The van der Waals surface area contributed by atoms with Crippen LogP contribution in [0.5, 0.6) is 5.75 Å². The predicted molar refractivity (Wildman–Crippen MR) is 302 cm³/mol. The molecule has 5 heterocycles. The number of nitrogens with zero attached hydrogens (tertiary/aromatic N) is 1. The van der Waals surface area contributed by atoms with Gasteiger partial charge in [-0.2, -0.15) is 0 Å². The average molecular weight is 1200 g/mol. The van der Waals surface area contributed by atoms with Crippen LogP contribution in [0, 0.1) is 36.5 Å². The van der Waals surface area contributed by atoms with Crippen LogP contribution < -0.4 is 7.63 Å². The molecule has 3 atom stereocenters. The topological polar surface area (TPSA) is 46.6 Å². The molecular formula is C56H91Br2NO3S3Sn. The van der Waals surface area contributed by atoms with E-state index in [0.29, 0.717) is 23.6 Å². The Balaban J connectivity index is 0.000000394. The molecule has 4 nitrogen and oxygen atoms in total. The summed E-state index contributed by atoms with van der Waals surface area (Å²) in [5.41, 5.74) is 2.51. The number of carbonyl (C=O) groups is 2. The monoisotopic (exact) mass is 1200 g/mol. The summed E-state index contributed by atoms with van der Waals surface area (Å²) in [7, 11) is 0. The summed E-state index contributed by atoms with van der Waals surface area (Å²) in [4.78, 5) is 30.8. The number of unbranched alkanes of at least 4 members (excludes halogenated alkanes) is 4. The molecule has 0 saturated heterocycles. The van der Waals surface area contributed by atoms with E-state index in [-0.39, 0.29) is 17.4 Å². The van der Waals surface area contributed by atoms with Crippen LogP contribution in [0.25, 0.3) is 9.75 Å². The van der Waals surface area contributed by atoms with Gasteiger partial charge in [0.25, 0.3) is 11.8 Å². The summed E-state index contributed by atoms with van der Waals surface area (Å²) >= 11 is 9.82. The van der Waals surface area contributed by atoms with Crippen molar-refractivity contribution in [1.29, 1.82) is 0 Å². The van der Waals surface area contributed by atoms with Gasteiger partial charge in [0.05, 0.1) is 18.7 Å². The zero-order valence-electron chi connectivity index (χ0n) is 43.7. The molecule has 0 spiro atoms. The van der Waals surface area contributed by atoms with Crippen LogP contribution in [0.3, 0.4) is 0 Å². The Labute approximate surface area is 437 Å². The molecule has 5 rings (SSSR count). The van der Waals surface area contributed by atoms with Gasteiger partial charge in [0.15, 0.2) is 0 Å². The second-order valence-electron chi connectivity index (χ2n) is 21.6. The van der Waals surface area contributed by atoms with Crippen molar-refractivity contribution in [1.82, 2.24) is 4.90 Å². The number of hydrogen-bond acceptors (Lipinski definition) is 6. The molecule has 374 valence electrons. The Morgan fingerprint density at radius 1 is 0.621 bits per heavy atom. The molecule has 0 N–H and O–H groups in total. The van der Waals surface area contributed by atoms with Gasteiger partial charge in [-0.1, -0.05) is 33.1 Å². The number of hydrogen-bond donors (Lipinski definition) is 0. The first kappa shape index (κ1) is 58.4. The minimum absolute atomic E-state index is 0.159. The molecule has 10 heteroatoms. The van der Waals surface area contributed by atoms with E-state index in [1.165, 1.54) is 134 Å². The molecule has 2 aliphatic heterocycles.